The highest BCUT2D eigenvalue weighted by Crippen LogP contribution is 2.19. The lowest BCUT2D eigenvalue weighted by atomic mass is 10.1. The molecule has 2 N–H and O–H groups in total. The van der Waals surface area contributed by atoms with Crippen LogP contribution in [-0.4, -0.2) is 35.1 Å². The van der Waals surface area contributed by atoms with Crippen LogP contribution in [0.25, 0.3) is 11.3 Å². The van der Waals surface area contributed by atoms with Crippen molar-refractivity contribution in [1.29, 1.82) is 0 Å². The summed E-state index contributed by atoms with van der Waals surface area (Å²) in [6, 6.07) is 7.43. The summed E-state index contributed by atoms with van der Waals surface area (Å²) < 4.78 is 5.35. The average molecular weight is 306 g/mol. The van der Waals surface area contributed by atoms with Gasteiger partial charge in [0.25, 0.3) is 5.91 Å². The fourth-order valence-corrected chi connectivity index (χ4v) is 2.45. The maximum atomic E-state index is 12.1. The van der Waals surface area contributed by atoms with Crippen LogP contribution < -0.4 is 5.32 Å². The van der Waals surface area contributed by atoms with E-state index in [2.05, 4.69) is 15.3 Å². The molecule has 2 aromatic rings. The predicted octanol–water partition coefficient (Wildman–Crippen LogP) is 2.64. The minimum Gasteiger partial charge on any atom is -0.379 e. The zero-order valence-electron chi connectivity index (χ0n) is 11.4. The molecule has 0 saturated carbocycles. The van der Waals surface area contributed by atoms with Crippen LogP contribution >= 0.6 is 11.6 Å². The molecule has 0 bridgehead atoms. The molecule has 1 aromatic heterocycles. The summed E-state index contributed by atoms with van der Waals surface area (Å²) in [4.78, 5) is 19.3. The molecule has 1 atom stereocenters. The monoisotopic (exact) mass is 305 g/mol. The molecule has 0 radical (unpaired) electrons. The van der Waals surface area contributed by atoms with E-state index < -0.39 is 0 Å². The molecule has 2 heterocycles. The largest absolute Gasteiger partial charge is 0.379 e. The molecular formula is C15H16ClN3O2. The number of nitrogens with zero attached hydrogens (tertiary/aromatic N) is 1. The van der Waals surface area contributed by atoms with Crippen LogP contribution in [0.3, 0.4) is 0 Å². The van der Waals surface area contributed by atoms with Gasteiger partial charge in [-0.25, -0.2) is 4.98 Å². The number of aromatic amines is 1. The first kappa shape index (κ1) is 14.1. The van der Waals surface area contributed by atoms with Crippen molar-refractivity contribution in [1.82, 2.24) is 15.3 Å². The molecule has 0 aliphatic carbocycles. The zero-order valence-corrected chi connectivity index (χ0v) is 12.2. The predicted molar refractivity (Wildman–Crippen MR) is 80.3 cm³/mol. The van der Waals surface area contributed by atoms with Crippen molar-refractivity contribution >= 4 is 17.5 Å². The van der Waals surface area contributed by atoms with Crippen LogP contribution in [0.1, 0.15) is 23.5 Å². The lowest BCUT2D eigenvalue weighted by Crippen LogP contribution is -2.41. The SMILES string of the molecule is O=C(N[C@H]1CCCOC1)c1ncc(-c2ccc(Cl)cc2)[nH]1. The van der Waals surface area contributed by atoms with Crippen molar-refractivity contribution < 1.29 is 9.53 Å². The standard InChI is InChI=1S/C15H16ClN3O2/c16-11-5-3-10(4-6-11)13-8-17-14(19-13)15(20)18-12-2-1-7-21-9-12/h3-6,8,12H,1-2,7,9H2,(H,17,19)(H,18,20)/t12-/m0/s1. The number of rotatable bonds is 3. The first-order valence-electron chi connectivity index (χ1n) is 6.92. The summed E-state index contributed by atoms with van der Waals surface area (Å²) in [5.41, 5.74) is 1.73. The smallest absolute Gasteiger partial charge is 0.287 e. The molecule has 1 aromatic carbocycles. The van der Waals surface area contributed by atoms with E-state index in [-0.39, 0.29) is 11.9 Å². The number of imidazole rings is 1. The minimum atomic E-state index is -0.203. The molecule has 1 amide bonds. The van der Waals surface area contributed by atoms with Crippen molar-refractivity contribution in [3.63, 3.8) is 0 Å². The summed E-state index contributed by atoms with van der Waals surface area (Å²) >= 11 is 5.86. The number of benzene rings is 1. The Labute approximate surface area is 127 Å². The van der Waals surface area contributed by atoms with Gasteiger partial charge in [0.1, 0.15) is 0 Å². The number of ether oxygens (including phenoxy) is 1. The fourth-order valence-electron chi connectivity index (χ4n) is 2.32. The second-order valence-electron chi connectivity index (χ2n) is 5.04. The highest BCUT2D eigenvalue weighted by atomic mass is 35.5. The molecule has 1 fully saturated rings. The number of halogens is 1. The van der Waals surface area contributed by atoms with Gasteiger partial charge in [0.05, 0.1) is 24.5 Å². The second kappa shape index (κ2) is 6.28. The number of H-pyrrole nitrogens is 1. The average Bonchev–Trinajstić information content (AvgIpc) is 2.99. The summed E-state index contributed by atoms with van der Waals surface area (Å²) in [5.74, 6) is 0.108. The third-order valence-corrected chi connectivity index (χ3v) is 3.69. The van der Waals surface area contributed by atoms with Crippen LogP contribution in [0.2, 0.25) is 5.02 Å². The van der Waals surface area contributed by atoms with E-state index in [0.29, 0.717) is 17.5 Å². The summed E-state index contributed by atoms with van der Waals surface area (Å²) in [6.45, 7) is 1.34. The number of hydrogen-bond donors (Lipinski definition) is 2. The van der Waals surface area contributed by atoms with Crippen LogP contribution in [0.4, 0.5) is 0 Å². The second-order valence-corrected chi connectivity index (χ2v) is 5.48. The van der Waals surface area contributed by atoms with Gasteiger partial charge < -0.3 is 15.0 Å². The Kier molecular flexibility index (Phi) is 4.22. The lowest BCUT2D eigenvalue weighted by molar-refractivity contribution is 0.0620. The number of carbonyl (C=O) groups is 1. The Hall–Kier alpha value is -1.85. The first-order chi connectivity index (χ1) is 10.2. The van der Waals surface area contributed by atoms with Crippen molar-refractivity contribution in [2.24, 2.45) is 0 Å². The molecule has 1 saturated heterocycles. The third kappa shape index (κ3) is 3.43. The molecule has 1 aliphatic heterocycles. The number of hydrogen-bond acceptors (Lipinski definition) is 3. The first-order valence-corrected chi connectivity index (χ1v) is 7.30. The Morgan fingerprint density at radius 2 is 2.19 bits per heavy atom. The van der Waals surface area contributed by atoms with E-state index >= 15 is 0 Å². The summed E-state index contributed by atoms with van der Waals surface area (Å²) in [6.07, 6.45) is 3.56. The van der Waals surface area contributed by atoms with E-state index in [1.807, 2.05) is 12.1 Å². The number of amides is 1. The Morgan fingerprint density at radius 1 is 1.38 bits per heavy atom. The van der Waals surface area contributed by atoms with Crippen molar-refractivity contribution in [3.05, 3.63) is 41.3 Å². The molecule has 3 rings (SSSR count). The molecular weight excluding hydrogens is 290 g/mol. The molecule has 110 valence electrons. The van der Waals surface area contributed by atoms with Crippen LogP contribution in [0.15, 0.2) is 30.5 Å². The quantitative estimate of drug-likeness (QED) is 0.916. The molecule has 6 heteroatoms. The normalized spacial score (nSPS) is 18.4. The van der Waals surface area contributed by atoms with Gasteiger partial charge in [0.2, 0.25) is 0 Å². The van der Waals surface area contributed by atoms with Gasteiger partial charge in [-0.2, -0.15) is 0 Å². The van der Waals surface area contributed by atoms with Crippen molar-refractivity contribution in [3.8, 4) is 11.3 Å². The molecule has 1 aliphatic rings. The van der Waals surface area contributed by atoms with E-state index in [9.17, 15) is 4.79 Å². The molecule has 21 heavy (non-hydrogen) atoms. The zero-order chi connectivity index (χ0) is 14.7. The molecule has 0 spiro atoms. The van der Waals surface area contributed by atoms with Crippen molar-refractivity contribution in [2.45, 2.75) is 18.9 Å². The summed E-state index contributed by atoms with van der Waals surface area (Å²) in [5, 5.41) is 3.60. The van der Waals surface area contributed by atoms with Crippen LogP contribution in [0, 0.1) is 0 Å². The molecule has 5 nitrogen and oxygen atoms in total. The fraction of sp³-hybridized carbons (Fsp3) is 0.333. The topological polar surface area (TPSA) is 67.0 Å². The molecule has 0 unspecified atom stereocenters. The summed E-state index contributed by atoms with van der Waals surface area (Å²) in [7, 11) is 0. The van der Waals surface area contributed by atoms with Gasteiger partial charge in [-0.1, -0.05) is 23.7 Å². The van der Waals surface area contributed by atoms with E-state index in [1.165, 1.54) is 0 Å². The minimum absolute atomic E-state index is 0.0651. The Bertz CT molecular complexity index is 618. The Morgan fingerprint density at radius 3 is 2.90 bits per heavy atom. The highest BCUT2D eigenvalue weighted by Gasteiger charge is 2.19. The number of carbonyl (C=O) groups excluding carboxylic acids is 1. The van der Waals surface area contributed by atoms with Crippen molar-refractivity contribution in [2.75, 3.05) is 13.2 Å². The third-order valence-electron chi connectivity index (χ3n) is 3.44. The van der Waals surface area contributed by atoms with Crippen LogP contribution in [-0.2, 0) is 4.74 Å². The lowest BCUT2D eigenvalue weighted by Gasteiger charge is -2.22. The number of aromatic nitrogens is 2. The maximum absolute atomic E-state index is 12.1. The van der Waals surface area contributed by atoms with Crippen LogP contribution in [0.5, 0.6) is 0 Å². The van der Waals surface area contributed by atoms with Gasteiger partial charge in [-0.3, -0.25) is 4.79 Å². The van der Waals surface area contributed by atoms with Gasteiger partial charge in [-0.15, -0.1) is 0 Å². The Balaban J connectivity index is 1.69. The van der Waals surface area contributed by atoms with Gasteiger partial charge in [-0.05, 0) is 30.5 Å². The van der Waals surface area contributed by atoms with E-state index in [4.69, 9.17) is 16.3 Å². The maximum Gasteiger partial charge on any atom is 0.287 e. The van der Waals surface area contributed by atoms with Gasteiger partial charge in [0.15, 0.2) is 5.82 Å². The van der Waals surface area contributed by atoms with E-state index in [0.717, 1.165) is 30.7 Å². The van der Waals surface area contributed by atoms with E-state index in [1.54, 1.807) is 18.3 Å². The number of nitrogens with one attached hydrogen (secondary N) is 2. The van der Waals surface area contributed by atoms with Gasteiger partial charge >= 0.3 is 0 Å². The highest BCUT2D eigenvalue weighted by molar-refractivity contribution is 6.30. The van der Waals surface area contributed by atoms with Gasteiger partial charge in [0, 0.05) is 11.6 Å².